The van der Waals surface area contributed by atoms with Gasteiger partial charge in [0.25, 0.3) is 0 Å². The average Bonchev–Trinajstić information content (AvgIpc) is 2.34. The Morgan fingerprint density at radius 2 is 1.72 bits per heavy atom. The molecule has 0 aliphatic carbocycles. The number of ether oxygens (including phenoxy) is 1. The van der Waals surface area contributed by atoms with Crippen molar-refractivity contribution in [2.75, 3.05) is 0 Å². The lowest BCUT2D eigenvalue weighted by atomic mass is 10.2. The summed E-state index contributed by atoms with van der Waals surface area (Å²) in [5, 5.41) is 2.25. The Kier molecular flexibility index (Phi) is 4.79. The number of hydrogen-bond donors (Lipinski definition) is 0. The van der Waals surface area contributed by atoms with Crippen LogP contribution in [0.4, 0.5) is 0 Å². The first kappa shape index (κ1) is 14.0. The molecule has 0 heterocycles. The van der Waals surface area contributed by atoms with E-state index < -0.39 is 0 Å². The van der Waals surface area contributed by atoms with Gasteiger partial charge in [0.1, 0.15) is 11.5 Å². The van der Waals surface area contributed by atoms with Crippen molar-refractivity contribution in [3.05, 3.63) is 57.0 Å². The Hall–Kier alpha value is -0.410. The van der Waals surface area contributed by atoms with Gasteiger partial charge in [-0.25, -0.2) is 0 Å². The van der Waals surface area contributed by atoms with Gasteiger partial charge >= 0.3 is 0 Å². The first-order valence-electron chi connectivity index (χ1n) is 5.07. The molecule has 0 saturated heterocycles. The lowest BCUT2D eigenvalue weighted by Crippen LogP contribution is -1.89. The van der Waals surface area contributed by atoms with Gasteiger partial charge in [0, 0.05) is 22.0 Å². The molecule has 0 bridgehead atoms. The van der Waals surface area contributed by atoms with E-state index in [1.165, 1.54) is 0 Å². The maximum Gasteiger partial charge on any atom is 0.132 e. The number of alkyl halides is 1. The Labute approximate surface area is 129 Å². The predicted molar refractivity (Wildman–Crippen MR) is 80.6 cm³/mol. The minimum Gasteiger partial charge on any atom is -0.457 e. The molecular formula is C13H8BrCl3O. The maximum atomic E-state index is 5.95. The van der Waals surface area contributed by atoms with Gasteiger partial charge < -0.3 is 4.74 Å². The van der Waals surface area contributed by atoms with Crippen LogP contribution in [0.15, 0.2) is 36.4 Å². The van der Waals surface area contributed by atoms with Crippen molar-refractivity contribution in [2.24, 2.45) is 0 Å². The normalized spacial score (nSPS) is 10.4. The quantitative estimate of drug-likeness (QED) is 0.576. The lowest BCUT2D eigenvalue weighted by molar-refractivity contribution is 0.478. The van der Waals surface area contributed by atoms with Crippen molar-refractivity contribution in [1.82, 2.24) is 0 Å². The van der Waals surface area contributed by atoms with E-state index in [9.17, 15) is 0 Å². The highest BCUT2D eigenvalue weighted by Crippen LogP contribution is 2.33. The van der Waals surface area contributed by atoms with E-state index in [4.69, 9.17) is 39.5 Å². The van der Waals surface area contributed by atoms with E-state index >= 15 is 0 Å². The largest absolute Gasteiger partial charge is 0.457 e. The molecule has 0 saturated carbocycles. The fourth-order valence-electron chi connectivity index (χ4n) is 1.40. The van der Waals surface area contributed by atoms with Gasteiger partial charge in [-0.15, -0.1) is 0 Å². The fraction of sp³-hybridized carbons (Fsp3) is 0.0769. The Bertz CT molecular complexity index is 572. The van der Waals surface area contributed by atoms with Crippen LogP contribution >= 0.6 is 50.7 Å². The molecule has 94 valence electrons. The SMILES string of the molecule is Clc1ccc(CBr)c(Oc2ccc(Cl)c(Cl)c2)c1. The van der Waals surface area contributed by atoms with Crippen molar-refractivity contribution >= 4 is 50.7 Å². The van der Waals surface area contributed by atoms with Gasteiger partial charge in [0.2, 0.25) is 0 Å². The van der Waals surface area contributed by atoms with Crippen LogP contribution in [0.1, 0.15) is 5.56 Å². The van der Waals surface area contributed by atoms with Gasteiger partial charge in [-0.2, -0.15) is 0 Å². The van der Waals surface area contributed by atoms with Crippen LogP contribution in [0.5, 0.6) is 11.5 Å². The summed E-state index contributed by atoms with van der Waals surface area (Å²) in [6, 6.07) is 10.6. The highest BCUT2D eigenvalue weighted by Gasteiger charge is 2.07. The molecule has 0 radical (unpaired) electrons. The summed E-state index contributed by atoms with van der Waals surface area (Å²) in [5.74, 6) is 1.31. The van der Waals surface area contributed by atoms with Crippen molar-refractivity contribution in [3.63, 3.8) is 0 Å². The Balaban J connectivity index is 2.33. The standard InChI is InChI=1S/C13H8BrCl3O/c14-7-8-1-2-9(15)5-13(8)18-10-3-4-11(16)12(17)6-10/h1-6H,7H2. The molecule has 0 atom stereocenters. The molecule has 0 fully saturated rings. The molecule has 0 aliphatic heterocycles. The molecule has 2 rings (SSSR count). The molecule has 0 amide bonds. The summed E-state index contributed by atoms with van der Waals surface area (Å²) in [7, 11) is 0. The van der Waals surface area contributed by atoms with Gasteiger partial charge in [-0.05, 0) is 24.3 Å². The van der Waals surface area contributed by atoms with Crippen LogP contribution in [0.3, 0.4) is 0 Å². The molecule has 18 heavy (non-hydrogen) atoms. The molecule has 2 aromatic carbocycles. The molecule has 1 nitrogen and oxygen atoms in total. The molecule has 2 aromatic rings. The van der Waals surface area contributed by atoms with Crippen LogP contribution in [0, 0.1) is 0 Å². The fourth-order valence-corrected chi connectivity index (χ4v) is 2.31. The van der Waals surface area contributed by atoms with E-state index in [1.807, 2.05) is 12.1 Å². The summed E-state index contributed by atoms with van der Waals surface area (Å²) >= 11 is 21.1. The van der Waals surface area contributed by atoms with E-state index in [-0.39, 0.29) is 0 Å². The second kappa shape index (κ2) is 6.16. The summed E-state index contributed by atoms with van der Waals surface area (Å²) in [6.07, 6.45) is 0. The maximum absolute atomic E-state index is 5.95. The van der Waals surface area contributed by atoms with Gasteiger partial charge in [0.05, 0.1) is 10.0 Å². The van der Waals surface area contributed by atoms with Gasteiger partial charge in [-0.3, -0.25) is 0 Å². The second-order valence-electron chi connectivity index (χ2n) is 3.56. The third kappa shape index (κ3) is 3.33. The minimum absolute atomic E-state index is 0.455. The van der Waals surface area contributed by atoms with E-state index in [0.717, 1.165) is 5.56 Å². The third-order valence-corrected chi connectivity index (χ3v) is 3.87. The molecule has 0 N–H and O–H groups in total. The number of halogens is 4. The summed E-state index contributed by atoms with van der Waals surface area (Å²) < 4.78 is 5.76. The lowest BCUT2D eigenvalue weighted by Gasteiger charge is -2.10. The first-order chi connectivity index (χ1) is 8.60. The highest BCUT2D eigenvalue weighted by atomic mass is 79.9. The zero-order valence-electron chi connectivity index (χ0n) is 9.09. The van der Waals surface area contributed by atoms with E-state index in [2.05, 4.69) is 15.9 Å². The minimum atomic E-state index is 0.455. The van der Waals surface area contributed by atoms with Crippen molar-refractivity contribution < 1.29 is 4.74 Å². The zero-order chi connectivity index (χ0) is 13.1. The predicted octanol–water partition coefficient (Wildman–Crippen LogP) is 6.33. The van der Waals surface area contributed by atoms with Crippen molar-refractivity contribution in [1.29, 1.82) is 0 Å². The molecular weight excluding hydrogens is 358 g/mol. The number of hydrogen-bond acceptors (Lipinski definition) is 1. The van der Waals surface area contributed by atoms with Gasteiger partial charge in [-0.1, -0.05) is 56.8 Å². The highest BCUT2D eigenvalue weighted by molar-refractivity contribution is 9.08. The van der Waals surface area contributed by atoms with E-state index in [1.54, 1.807) is 24.3 Å². The van der Waals surface area contributed by atoms with Crippen LogP contribution < -0.4 is 4.74 Å². The monoisotopic (exact) mass is 364 g/mol. The van der Waals surface area contributed by atoms with Crippen molar-refractivity contribution in [3.8, 4) is 11.5 Å². The van der Waals surface area contributed by atoms with Crippen LogP contribution in [0.2, 0.25) is 15.1 Å². The second-order valence-corrected chi connectivity index (χ2v) is 5.38. The molecule has 0 aliphatic rings. The summed E-state index contributed by atoms with van der Waals surface area (Å²) in [6.45, 7) is 0. The van der Waals surface area contributed by atoms with Crippen LogP contribution in [-0.4, -0.2) is 0 Å². The Morgan fingerprint density at radius 1 is 0.944 bits per heavy atom. The summed E-state index contributed by atoms with van der Waals surface area (Å²) in [4.78, 5) is 0. The smallest absolute Gasteiger partial charge is 0.132 e. The Morgan fingerprint density at radius 3 is 2.39 bits per heavy atom. The molecule has 0 aromatic heterocycles. The topological polar surface area (TPSA) is 9.23 Å². The average molecular weight is 366 g/mol. The zero-order valence-corrected chi connectivity index (χ0v) is 12.9. The number of benzene rings is 2. The van der Waals surface area contributed by atoms with Crippen LogP contribution in [0.25, 0.3) is 0 Å². The molecule has 5 heteroatoms. The van der Waals surface area contributed by atoms with Crippen molar-refractivity contribution in [2.45, 2.75) is 5.33 Å². The molecule has 0 spiro atoms. The molecule has 0 unspecified atom stereocenters. The van der Waals surface area contributed by atoms with Crippen LogP contribution in [-0.2, 0) is 5.33 Å². The third-order valence-electron chi connectivity index (χ3n) is 2.29. The van der Waals surface area contributed by atoms with Gasteiger partial charge in [0.15, 0.2) is 0 Å². The van der Waals surface area contributed by atoms with E-state index in [0.29, 0.717) is 31.9 Å². The first-order valence-corrected chi connectivity index (χ1v) is 7.33. The summed E-state index contributed by atoms with van der Waals surface area (Å²) in [5.41, 5.74) is 1.01. The number of rotatable bonds is 3.